The van der Waals surface area contributed by atoms with E-state index in [9.17, 15) is 18.3 Å². The van der Waals surface area contributed by atoms with Crippen LogP contribution in [0.5, 0.6) is 0 Å². The van der Waals surface area contributed by atoms with Crippen LogP contribution in [0.2, 0.25) is 0 Å². The van der Waals surface area contributed by atoms with Crippen LogP contribution in [0.15, 0.2) is 40.7 Å². The van der Waals surface area contributed by atoms with Gasteiger partial charge in [-0.2, -0.15) is 4.31 Å². The number of hydrogen-bond acceptors (Lipinski definition) is 6. The molecule has 0 radical (unpaired) electrons. The van der Waals surface area contributed by atoms with E-state index in [4.69, 9.17) is 0 Å². The number of sulfonamides is 1. The maximum atomic E-state index is 12.7. The van der Waals surface area contributed by atoms with Gasteiger partial charge in [0, 0.05) is 30.2 Å². The van der Waals surface area contributed by atoms with Crippen LogP contribution in [-0.4, -0.2) is 47.9 Å². The van der Waals surface area contributed by atoms with E-state index in [0.717, 1.165) is 0 Å². The number of rotatable bonds is 4. The molecule has 24 heavy (non-hydrogen) atoms. The standard InChI is InChI=1S/C15H17N3O4S2/c19-12-4-2-7-18(10-12)24(21,22)13-5-1-3-11(9-13)14(20)17-15-16-6-8-23-15/h1,3,5-6,8-9,12,19H,2,4,7,10H2,(H,16,17,20)/t12-/m0/s1. The molecule has 1 aliphatic heterocycles. The van der Waals surface area contributed by atoms with Gasteiger partial charge in [-0.05, 0) is 31.0 Å². The van der Waals surface area contributed by atoms with E-state index in [-0.39, 0.29) is 17.0 Å². The summed E-state index contributed by atoms with van der Waals surface area (Å²) in [5, 5.41) is 14.5. The maximum Gasteiger partial charge on any atom is 0.257 e. The highest BCUT2D eigenvalue weighted by molar-refractivity contribution is 7.89. The second-order valence-electron chi connectivity index (χ2n) is 5.48. The zero-order valence-electron chi connectivity index (χ0n) is 12.8. The molecule has 0 unspecified atom stereocenters. The Morgan fingerprint density at radius 3 is 2.96 bits per heavy atom. The van der Waals surface area contributed by atoms with Gasteiger partial charge in [0.25, 0.3) is 5.91 Å². The lowest BCUT2D eigenvalue weighted by atomic mass is 10.1. The number of amides is 1. The van der Waals surface area contributed by atoms with Crippen molar-refractivity contribution in [3.63, 3.8) is 0 Å². The largest absolute Gasteiger partial charge is 0.392 e. The Hall–Kier alpha value is -1.81. The van der Waals surface area contributed by atoms with Crippen LogP contribution in [0.4, 0.5) is 5.13 Å². The average molecular weight is 367 g/mol. The van der Waals surface area contributed by atoms with E-state index < -0.39 is 22.0 Å². The fraction of sp³-hybridized carbons (Fsp3) is 0.333. The van der Waals surface area contributed by atoms with Gasteiger partial charge in [-0.1, -0.05) is 6.07 Å². The number of benzene rings is 1. The highest BCUT2D eigenvalue weighted by atomic mass is 32.2. The summed E-state index contributed by atoms with van der Waals surface area (Å²) < 4.78 is 26.7. The van der Waals surface area contributed by atoms with Crippen LogP contribution in [-0.2, 0) is 10.0 Å². The number of aliphatic hydroxyl groups excluding tert-OH is 1. The monoisotopic (exact) mass is 367 g/mol. The molecule has 1 fully saturated rings. The van der Waals surface area contributed by atoms with Crippen molar-refractivity contribution in [1.29, 1.82) is 0 Å². The van der Waals surface area contributed by atoms with E-state index in [0.29, 0.717) is 24.5 Å². The molecule has 3 rings (SSSR count). The quantitative estimate of drug-likeness (QED) is 0.854. The van der Waals surface area contributed by atoms with Crippen molar-refractivity contribution < 1.29 is 18.3 Å². The smallest absolute Gasteiger partial charge is 0.257 e. The van der Waals surface area contributed by atoms with E-state index >= 15 is 0 Å². The minimum atomic E-state index is -3.73. The molecule has 1 atom stereocenters. The van der Waals surface area contributed by atoms with E-state index in [1.54, 1.807) is 17.6 Å². The number of aromatic nitrogens is 1. The SMILES string of the molecule is O=C(Nc1nccs1)c1cccc(S(=O)(=O)N2CCC[C@H](O)C2)c1. The molecule has 2 heterocycles. The van der Waals surface area contributed by atoms with Gasteiger partial charge in [-0.3, -0.25) is 10.1 Å². The van der Waals surface area contributed by atoms with Crippen LogP contribution in [0.25, 0.3) is 0 Å². The molecule has 1 aliphatic rings. The van der Waals surface area contributed by atoms with Crippen molar-refractivity contribution >= 4 is 32.4 Å². The van der Waals surface area contributed by atoms with Crippen LogP contribution >= 0.6 is 11.3 Å². The van der Waals surface area contributed by atoms with Crippen LogP contribution in [0, 0.1) is 0 Å². The number of carbonyl (C=O) groups is 1. The van der Waals surface area contributed by atoms with Gasteiger partial charge in [0.1, 0.15) is 0 Å². The van der Waals surface area contributed by atoms with Crippen molar-refractivity contribution in [1.82, 2.24) is 9.29 Å². The van der Waals surface area contributed by atoms with Gasteiger partial charge in [0.15, 0.2) is 5.13 Å². The molecule has 1 amide bonds. The third-order valence-electron chi connectivity index (χ3n) is 3.75. The number of nitrogens with one attached hydrogen (secondary N) is 1. The fourth-order valence-electron chi connectivity index (χ4n) is 2.54. The minimum Gasteiger partial charge on any atom is -0.392 e. The number of carbonyl (C=O) groups excluding carboxylic acids is 1. The van der Waals surface area contributed by atoms with Gasteiger partial charge < -0.3 is 5.11 Å². The topological polar surface area (TPSA) is 99.6 Å². The maximum absolute atomic E-state index is 12.7. The first-order valence-electron chi connectivity index (χ1n) is 7.46. The van der Waals surface area contributed by atoms with Crippen molar-refractivity contribution in [3.05, 3.63) is 41.4 Å². The Labute approximate surface area is 144 Å². The number of piperidine rings is 1. The molecule has 2 N–H and O–H groups in total. The predicted molar refractivity (Wildman–Crippen MR) is 90.5 cm³/mol. The van der Waals surface area contributed by atoms with E-state index in [1.807, 2.05) is 0 Å². The van der Waals surface area contributed by atoms with Gasteiger partial charge in [0.05, 0.1) is 11.0 Å². The molecular formula is C15H17N3O4S2. The number of nitrogens with zero attached hydrogens (tertiary/aromatic N) is 2. The molecule has 0 saturated carbocycles. The lowest BCUT2D eigenvalue weighted by Gasteiger charge is -2.29. The minimum absolute atomic E-state index is 0.0448. The summed E-state index contributed by atoms with van der Waals surface area (Å²) in [5.41, 5.74) is 0.240. The molecule has 9 heteroatoms. The van der Waals surface area contributed by atoms with Crippen LogP contribution in [0.1, 0.15) is 23.2 Å². The van der Waals surface area contributed by atoms with Crippen molar-refractivity contribution in [2.45, 2.75) is 23.8 Å². The van der Waals surface area contributed by atoms with Crippen LogP contribution in [0.3, 0.4) is 0 Å². The first-order chi connectivity index (χ1) is 11.5. The summed E-state index contributed by atoms with van der Waals surface area (Å²) in [6, 6.07) is 5.88. The Morgan fingerprint density at radius 1 is 1.42 bits per heavy atom. The number of hydrogen-bond donors (Lipinski definition) is 2. The van der Waals surface area contributed by atoms with Gasteiger partial charge >= 0.3 is 0 Å². The highest BCUT2D eigenvalue weighted by Gasteiger charge is 2.29. The molecule has 1 saturated heterocycles. The summed E-state index contributed by atoms with van der Waals surface area (Å²) in [4.78, 5) is 16.2. The Morgan fingerprint density at radius 2 is 2.25 bits per heavy atom. The average Bonchev–Trinajstić information content (AvgIpc) is 3.08. The number of aliphatic hydroxyl groups is 1. The molecule has 128 valence electrons. The van der Waals surface area contributed by atoms with Gasteiger partial charge in [0.2, 0.25) is 10.0 Å². The Bertz CT molecular complexity index is 821. The number of thiazole rings is 1. The number of anilines is 1. The first-order valence-corrected chi connectivity index (χ1v) is 9.78. The third kappa shape index (κ3) is 3.64. The molecule has 0 aliphatic carbocycles. The van der Waals surface area contributed by atoms with Crippen LogP contribution < -0.4 is 5.32 Å². The molecule has 1 aromatic carbocycles. The van der Waals surface area contributed by atoms with E-state index in [1.165, 1.54) is 33.8 Å². The molecule has 0 spiro atoms. The number of β-amino-alcohol motifs (C(OH)–C–C–N with tert-alkyl or cyclic N) is 1. The second kappa shape index (κ2) is 6.98. The van der Waals surface area contributed by atoms with Crippen molar-refractivity contribution in [2.24, 2.45) is 0 Å². The predicted octanol–water partition coefficient (Wildman–Crippen LogP) is 1.54. The summed E-state index contributed by atoms with van der Waals surface area (Å²) in [6.45, 7) is 0.451. The molecule has 0 bridgehead atoms. The summed E-state index contributed by atoms with van der Waals surface area (Å²) >= 11 is 1.28. The third-order valence-corrected chi connectivity index (χ3v) is 6.30. The van der Waals surface area contributed by atoms with Gasteiger partial charge in [-0.25, -0.2) is 13.4 Å². The zero-order valence-corrected chi connectivity index (χ0v) is 14.4. The molecule has 7 nitrogen and oxygen atoms in total. The lowest BCUT2D eigenvalue weighted by molar-refractivity contribution is 0.102. The lowest BCUT2D eigenvalue weighted by Crippen LogP contribution is -2.42. The van der Waals surface area contributed by atoms with Crippen molar-refractivity contribution in [2.75, 3.05) is 18.4 Å². The molecular weight excluding hydrogens is 350 g/mol. The summed E-state index contributed by atoms with van der Waals surface area (Å²) in [5.74, 6) is -0.416. The normalized spacial score (nSPS) is 19.1. The molecule has 1 aromatic heterocycles. The molecule has 2 aromatic rings. The Kier molecular flexibility index (Phi) is 4.95. The zero-order chi connectivity index (χ0) is 17.2. The highest BCUT2D eigenvalue weighted by Crippen LogP contribution is 2.22. The fourth-order valence-corrected chi connectivity index (χ4v) is 4.63. The second-order valence-corrected chi connectivity index (χ2v) is 8.31. The summed E-state index contributed by atoms with van der Waals surface area (Å²) in [7, 11) is -3.73. The first kappa shape index (κ1) is 17.0. The summed E-state index contributed by atoms with van der Waals surface area (Å²) in [6.07, 6.45) is 2.14. The van der Waals surface area contributed by atoms with Crippen molar-refractivity contribution in [3.8, 4) is 0 Å². The van der Waals surface area contributed by atoms with Gasteiger partial charge in [-0.15, -0.1) is 11.3 Å². The Balaban J connectivity index is 1.83. The van der Waals surface area contributed by atoms with E-state index in [2.05, 4.69) is 10.3 Å².